The van der Waals surface area contributed by atoms with Crippen molar-refractivity contribution in [2.24, 2.45) is 0 Å². The van der Waals surface area contributed by atoms with Crippen LogP contribution in [0.15, 0.2) is 23.8 Å². The van der Waals surface area contributed by atoms with Gasteiger partial charge in [0.05, 0.1) is 12.7 Å². The molecule has 0 spiro atoms. The highest BCUT2D eigenvalue weighted by Crippen LogP contribution is 2.29. The molecular formula is C18H26N2O3. The number of nitrogens with zero attached hydrogens (tertiary/aromatic N) is 1. The first-order valence-corrected chi connectivity index (χ1v) is 8.19. The van der Waals surface area contributed by atoms with Crippen LogP contribution >= 0.6 is 0 Å². The molecule has 0 fully saturated rings. The van der Waals surface area contributed by atoms with E-state index in [4.69, 9.17) is 9.47 Å². The van der Waals surface area contributed by atoms with Gasteiger partial charge >= 0.3 is 0 Å². The minimum absolute atomic E-state index is 0.0574. The molecule has 1 aromatic rings. The molecule has 5 heteroatoms. The van der Waals surface area contributed by atoms with Gasteiger partial charge in [-0.3, -0.25) is 4.79 Å². The fraction of sp³-hybridized carbons (Fsp3) is 0.500. The minimum atomic E-state index is -0.0574. The number of carbonyl (C=O) groups is 1. The van der Waals surface area contributed by atoms with Crippen molar-refractivity contribution in [3.8, 4) is 11.5 Å². The maximum Gasteiger partial charge on any atom is 0.250 e. The van der Waals surface area contributed by atoms with E-state index in [9.17, 15) is 4.79 Å². The summed E-state index contributed by atoms with van der Waals surface area (Å²) in [5.41, 5.74) is 1.53. The normalized spacial score (nSPS) is 13.1. The summed E-state index contributed by atoms with van der Waals surface area (Å²) in [6.07, 6.45) is 2.83. The molecule has 1 aliphatic rings. The van der Waals surface area contributed by atoms with E-state index in [1.165, 1.54) is 0 Å². The SMILES string of the molecule is CCN(CC)CCCNC(=O)C1=Cc2cc(OC)ccc2OC1. The van der Waals surface area contributed by atoms with Crippen LogP contribution in [-0.4, -0.2) is 50.7 Å². The Hall–Kier alpha value is -2.01. The van der Waals surface area contributed by atoms with Gasteiger partial charge in [-0.1, -0.05) is 13.8 Å². The third kappa shape index (κ3) is 4.73. The van der Waals surface area contributed by atoms with Crippen molar-refractivity contribution in [1.82, 2.24) is 10.2 Å². The number of hydrogen-bond acceptors (Lipinski definition) is 4. The van der Waals surface area contributed by atoms with Crippen molar-refractivity contribution in [2.75, 3.05) is 39.9 Å². The van der Waals surface area contributed by atoms with Gasteiger partial charge in [-0.05, 0) is 50.3 Å². The number of nitrogens with one attached hydrogen (secondary N) is 1. The van der Waals surface area contributed by atoms with E-state index in [-0.39, 0.29) is 5.91 Å². The largest absolute Gasteiger partial charge is 0.497 e. The van der Waals surface area contributed by atoms with Crippen LogP contribution in [0.2, 0.25) is 0 Å². The summed E-state index contributed by atoms with van der Waals surface area (Å²) in [4.78, 5) is 14.6. The van der Waals surface area contributed by atoms with Crippen LogP contribution in [0.25, 0.3) is 6.08 Å². The quantitative estimate of drug-likeness (QED) is 0.747. The Labute approximate surface area is 138 Å². The monoisotopic (exact) mass is 318 g/mol. The predicted octanol–water partition coefficient (Wildman–Crippen LogP) is 2.32. The minimum Gasteiger partial charge on any atom is -0.497 e. The van der Waals surface area contributed by atoms with Crippen molar-refractivity contribution in [2.45, 2.75) is 20.3 Å². The standard InChI is InChI=1S/C18H26N2O3/c1-4-20(5-2)10-6-9-19-18(21)15-11-14-12-16(22-3)7-8-17(14)23-13-15/h7-8,11-12H,4-6,9-10,13H2,1-3H3,(H,19,21). The molecule has 0 saturated carbocycles. The summed E-state index contributed by atoms with van der Waals surface area (Å²) >= 11 is 0. The Kier molecular flexibility index (Phi) is 6.47. The second-order valence-electron chi connectivity index (χ2n) is 5.50. The van der Waals surface area contributed by atoms with Gasteiger partial charge in [0.25, 0.3) is 5.91 Å². The van der Waals surface area contributed by atoms with Crippen LogP contribution in [-0.2, 0) is 4.79 Å². The third-order valence-corrected chi connectivity index (χ3v) is 4.05. The molecule has 5 nitrogen and oxygen atoms in total. The van der Waals surface area contributed by atoms with E-state index in [1.54, 1.807) is 7.11 Å². The van der Waals surface area contributed by atoms with Gasteiger partial charge in [0.2, 0.25) is 0 Å². The smallest absolute Gasteiger partial charge is 0.250 e. The van der Waals surface area contributed by atoms with Gasteiger partial charge in [-0.2, -0.15) is 0 Å². The Morgan fingerprint density at radius 1 is 1.35 bits per heavy atom. The van der Waals surface area contributed by atoms with Crippen LogP contribution in [0.5, 0.6) is 11.5 Å². The maximum absolute atomic E-state index is 12.2. The molecule has 0 bridgehead atoms. The number of hydrogen-bond donors (Lipinski definition) is 1. The van der Waals surface area contributed by atoms with Crippen molar-refractivity contribution in [1.29, 1.82) is 0 Å². The number of amides is 1. The molecule has 0 unspecified atom stereocenters. The zero-order chi connectivity index (χ0) is 16.7. The Balaban J connectivity index is 1.88. The van der Waals surface area contributed by atoms with Crippen LogP contribution in [0.4, 0.5) is 0 Å². The summed E-state index contributed by atoms with van der Waals surface area (Å²) in [5, 5.41) is 2.97. The Morgan fingerprint density at radius 3 is 2.83 bits per heavy atom. The van der Waals surface area contributed by atoms with E-state index in [2.05, 4.69) is 24.1 Å². The molecule has 2 rings (SSSR count). The van der Waals surface area contributed by atoms with Gasteiger partial charge < -0.3 is 19.7 Å². The summed E-state index contributed by atoms with van der Waals surface area (Å²) < 4.78 is 10.9. The van der Waals surface area contributed by atoms with Crippen molar-refractivity contribution in [3.05, 3.63) is 29.3 Å². The zero-order valence-corrected chi connectivity index (χ0v) is 14.2. The summed E-state index contributed by atoms with van der Waals surface area (Å²) in [5.74, 6) is 1.48. The molecule has 0 saturated heterocycles. The maximum atomic E-state index is 12.2. The highest BCUT2D eigenvalue weighted by atomic mass is 16.5. The van der Waals surface area contributed by atoms with E-state index >= 15 is 0 Å². The summed E-state index contributed by atoms with van der Waals surface area (Å²) in [7, 11) is 1.62. The molecule has 0 radical (unpaired) electrons. The molecule has 0 atom stereocenters. The molecule has 1 heterocycles. The average Bonchev–Trinajstić information content (AvgIpc) is 2.60. The molecule has 1 aromatic carbocycles. The number of rotatable bonds is 8. The highest BCUT2D eigenvalue weighted by Gasteiger charge is 2.17. The van der Waals surface area contributed by atoms with Gasteiger partial charge in [-0.15, -0.1) is 0 Å². The van der Waals surface area contributed by atoms with E-state index in [1.807, 2.05) is 24.3 Å². The number of ether oxygens (including phenoxy) is 2. The van der Waals surface area contributed by atoms with Gasteiger partial charge in [-0.25, -0.2) is 0 Å². The van der Waals surface area contributed by atoms with Crippen LogP contribution in [0, 0.1) is 0 Å². The molecule has 0 aliphatic carbocycles. The Bertz CT molecular complexity index is 565. The van der Waals surface area contributed by atoms with Crippen LogP contribution < -0.4 is 14.8 Å². The van der Waals surface area contributed by atoms with Crippen LogP contribution in [0.1, 0.15) is 25.8 Å². The molecule has 0 aromatic heterocycles. The lowest BCUT2D eigenvalue weighted by atomic mass is 10.1. The lowest BCUT2D eigenvalue weighted by molar-refractivity contribution is -0.117. The first-order valence-electron chi connectivity index (χ1n) is 8.19. The third-order valence-electron chi connectivity index (χ3n) is 4.05. The number of fused-ring (bicyclic) bond motifs is 1. The van der Waals surface area contributed by atoms with Gasteiger partial charge in [0, 0.05) is 12.1 Å². The van der Waals surface area contributed by atoms with Gasteiger partial charge in [0.1, 0.15) is 18.1 Å². The second-order valence-corrected chi connectivity index (χ2v) is 5.50. The fourth-order valence-electron chi connectivity index (χ4n) is 2.57. The first-order chi connectivity index (χ1) is 11.2. The van der Waals surface area contributed by atoms with Crippen molar-refractivity contribution < 1.29 is 14.3 Å². The zero-order valence-electron chi connectivity index (χ0n) is 14.2. The predicted molar refractivity (Wildman–Crippen MR) is 91.9 cm³/mol. The van der Waals surface area contributed by atoms with E-state index < -0.39 is 0 Å². The number of benzene rings is 1. The highest BCUT2D eigenvalue weighted by molar-refractivity contribution is 5.99. The number of methoxy groups -OCH3 is 1. The first kappa shape index (κ1) is 17.3. The fourth-order valence-corrected chi connectivity index (χ4v) is 2.57. The number of carbonyl (C=O) groups excluding carboxylic acids is 1. The van der Waals surface area contributed by atoms with Gasteiger partial charge in [0.15, 0.2) is 0 Å². The summed E-state index contributed by atoms with van der Waals surface area (Å²) in [6, 6.07) is 5.59. The summed E-state index contributed by atoms with van der Waals surface area (Å²) in [6.45, 7) is 8.38. The molecular weight excluding hydrogens is 292 g/mol. The topological polar surface area (TPSA) is 50.8 Å². The van der Waals surface area contributed by atoms with Crippen molar-refractivity contribution >= 4 is 12.0 Å². The van der Waals surface area contributed by atoms with E-state index in [0.717, 1.165) is 43.1 Å². The second kappa shape index (κ2) is 8.58. The lowest BCUT2D eigenvalue weighted by Crippen LogP contribution is -2.32. The molecule has 1 N–H and O–H groups in total. The average molecular weight is 318 g/mol. The molecule has 1 amide bonds. The van der Waals surface area contributed by atoms with E-state index in [0.29, 0.717) is 18.7 Å². The molecule has 126 valence electrons. The lowest BCUT2D eigenvalue weighted by Gasteiger charge is -2.19. The van der Waals surface area contributed by atoms with Crippen LogP contribution in [0.3, 0.4) is 0 Å². The molecule has 23 heavy (non-hydrogen) atoms. The van der Waals surface area contributed by atoms with Crippen molar-refractivity contribution in [3.63, 3.8) is 0 Å². The Morgan fingerprint density at radius 2 is 2.13 bits per heavy atom. The molecule has 1 aliphatic heterocycles.